The van der Waals surface area contributed by atoms with Gasteiger partial charge in [0.25, 0.3) is 0 Å². The third-order valence-corrected chi connectivity index (χ3v) is 0.0527. The van der Waals surface area contributed by atoms with Crippen LogP contribution in [0.2, 0.25) is 0 Å². The van der Waals surface area contributed by atoms with Crippen molar-refractivity contribution in [3.05, 3.63) is 0 Å². The van der Waals surface area contributed by atoms with Crippen molar-refractivity contribution in [3.8, 4) is 0 Å². The molecule has 0 bridgehead atoms. The Hall–Kier alpha value is -0.120. The molecule has 3 heteroatoms. The highest BCUT2D eigenvalue weighted by atomic mass is 17.1. The van der Waals surface area contributed by atoms with Crippen LogP contribution in [0.5, 0.6) is 0 Å². The van der Waals surface area contributed by atoms with Gasteiger partial charge in [0.15, 0.2) is 0 Å². The van der Waals surface area contributed by atoms with Crippen LogP contribution in [0.25, 0.3) is 0 Å². The molecule has 0 saturated heterocycles. The quantitative estimate of drug-likeness (QED) is 0.222. The first kappa shape index (κ1) is 3.88. The van der Waals surface area contributed by atoms with Crippen LogP contribution in [0.3, 0.4) is 0 Å². The predicted octanol–water partition coefficient (Wildman–Crippen LogP) is -1.77. The van der Waals surface area contributed by atoms with Gasteiger partial charge in [-0.15, -0.1) is 0 Å². The Morgan fingerprint density at radius 3 is 2.25 bits per heavy atom. The molecule has 0 radical (unpaired) electrons. The maximum atomic E-state index is 8.55. The van der Waals surface area contributed by atoms with Crippen LogP contribution in [0, 0.1) is 0 Å². The highest BCUT2D eigenvalue weighted by Crippen LogP contribution is 1.36. The smallest absolute Gasteiger partial charge is 0.133 e. The van der Waals surface area contributed by atoms with E-state index in [0.29, 0.717) is 0 Å². The van der Waals surface area contributed by atoms with E-state index in [-0.39, 0.29) is 0 Å². The summed E-state index contributed by atoms with van der Waals surface area (Å²) in [7, 11) is 0. The fraction of sp³-hybridized carbons (Fsp3) is 1.00. The molecule has 0 heterocycles. The second-order valence-corrected chi connectivity index (χ2v) is 0.247. The normalized spacial score (nSPS) is 7.50. The minimum absolute atomic E-state index is 0.736. The van der Waals surface area contributed by atoms with E-state index in [2.05, 4.69) is 4.89 Å². The zero-order valence-corrected chi connectivity index (χ0v) is 1.97. The average molecular weight is 63.0 g/mol. The third-order valence-electron chi connectivity index (χ3n) is 0.0527. The van der Waals surface area contributed by atoms with Gasteiger partial charge in [-0.25, -0.2) is 0 Å². The van der Waals surface area contributed by atoms with Crippen LogP contribution in [0.1, 0.15) is 0 Å². The van der Waals surface area contributed by atoms with E-state index in [4.69, 9.17) is 10.4 Å². The summed E-state index contributed by atoms with van der Waals surface area (Å²) >= 11 is 0. The molecule has 0 amide bonds. The minimum Gasteiger partial charge on any atom is -0.722 e. The average Bonchev–Trinajstić information content (AvgIpc) is 1.37. The molecular weight excluding hydrogens is 60.0 g/mol. The standard InChI is InChI=1S/CH4O3/c2-1-4-3/h2-3H,1H2/p-1. The molecule has 0 spiro atoms. The molecule has 0 aromatic carbocycles. The fourth-order valence-electron chi connectivity index (χ4n) is 0. The van der Waals surface area contributed by atoms with E-state index >= 15 is 0 Å². The maximum Gasteiger partial charge on any atom is 0.133 e. The summed E-state index contributed by atoms with van der Waals surface area (Å²) in [4.78, 5) is 2.85. The lowest BCUT2D eigenvalue weighted by atomic mass is 11.5. The fourth-order valence-corrected chi connectivity index (χ4v) is 0. The monoisotopic (exact) mass is 63.0 g/mol. The van der Waals surface area contributed by atoms with Crippen LogP contribution in [0.4, 0.5) is 0 Å². The third kappa shape index (κ3) is 1.88. The summed E-state index contributed by atoms with van der Waals surface area (Å²) in [5.74, 6) is 0. The van der Waals surface area contributed by atoms with E-state index < -0.39 is 6.79 Å². The van der Waals surface area contributed by atoms with E-state index in [9.17, 15) is 0 Å². The van der Waals surface area contributed by atoms with Crippen molar-refractivity contribution in [2.24, 2.45) is 0 Å². The van der Waals surface area contributed by atoms with E-state index in [1.807, 2.05) is 0 Å². The van der Waals surface area contributed by atoms with Gasteiger partial charge in [-0.3, -0.25) is 0 Å². The zero-order valence-electron chi connectivity index (χ0n) is 1.97. The van der Waals surface area contributed by atoms with Gasteiger partial charge < -0.3 is 15.3 Å². The van der Waals surface area contributed by atoms with Gasteiger partial charge in [-0.2, -0.15) is 0 Å². The number of hydrogen-bond acceptors (Lipinski definition) is 3. The van der Waals surface area contributed by atoms with Crippen molar-refractivity contribution in [1.82, 2.24) is 0 Å². The topological polar surface area (TPSA) is 52.5 Å². The van der Waals surface area contributed by atoms with E-state index in [1.54, 1.807) is 0 Å². The Balaban J connectivity index is 1.97. The second-order valence-electron chi connectivity index (χ2n) is 0.247. The van der Waals surface area contributed by atoms with E-state index in [1.165, 1.54) is 0 Å². The van der Waals surface area contributed by atoms with Gasteiger partial charge in [-0.1, -0.05) is 0 Å². The molecule has 0 rings (SSSR count). The van der Waals surface area contributed by atoms with Gasteiger partial charge in [0, 0.05) is 0 Å². The Bertz CT molecular complexity index is 5.25. The van der Waals surface area contributed by atoms with Gasteiger partial charge in [0.2, 0.25) is 0 Å². The van der Waals surface area contributed by atoms with Crippen molar-refractivity contribution >= 4 is 0 Å². The molecule has 4 heavy (non-hydrogen) atoms. The lowest BCUT2D eigenvalue weighted by Gasteiger charge is -1.94. The Morgan fingerprint density at radius 2 is 2.25 bits per heavy atom. The van der Waals surface area contributed by atoms with E-state index in [0.717, 1.165) is 0 Å². The molecule has 0 aliphatic rings. The van der Waals surface area contributed by atoms with Gasteiger partial charge >= 0.3 is 0 Å². The van der Waals surface area contributed by atoms with Crippen molar-refractivity contribution < 1.29 is 15.3 Å². The summed E-state index contributed by atoms with van der Waals surface area (Å²) in [6.07, 6.45) is 0. The molecule has 0 unspecified atom stereocenters. The van der Waals surface area contributed by atoms with Crippen molar-refractivity contribution in [2.45, 2.75) is 0 Å². The Kier molecular flexibility index (Phi) is 2.79. The summed E-state index contributed by atoms with van der Waals surface area (Å²) in [5.41, 5.74) is 0. The predicted molar refractivity (Wildman–Crippen MR) is 8.17 cm³/mol. The zero-order chi connectivity index (χ0) is 3.41. The molecule has 0 aliphatic carbocycles. The molecule has 0 fully saturated rings. The molecule has 0 aromatic rings. The minimum atomic E-state index is -0.736. The van der Waals surface area contributed by atoms with Crippen molar-refractivity contribution in [3.63, 3.8) is 0 Å². The lowest BCUT2D eigenvalue weighted by molar-refractivity contribution is -0.700. The highest BCUT2D eigenvalue weighted by molar-refractivity contribution is 3.57. The lowest BCUT2D eigenvalue weighted by Crippen LogP contribution is -2.04. The molecule has 0 atom stereocenters. The molecule has 1 N–H and O–H groups in total. The van der Waals surface area contributed by atoms with Gasteiger partial charge in [0.1, 0.15) is 6.79 Å². The highest BCUT2D eigenvalue weighted by Gasteiger charge is 1.42. The first-order chi connectivity index (χ1) is 1.91. The van der Waals surface area contributed by atoms with Gasteiger partial charge in [-0.05, 0) is 0 Å². The number of rotatable bonds is 1. The molecule has 0 aliphatic heterocycles. The first-order valence-electron chi connectivity index (χ1n) is 0.772. The summed E-state index contributed by atoms with van der Waals surface area (Å²) < 4.78 is 0. The van der Waals surface area contributed by atoms with Crippen LogP contribution in [-0.2, 0) is 4.89 Å². The summed E-state index contributed by atoms with van der Waals surface area (Å²) in [6.45, 7) is -0.736. The Labute approximate surface area is 23.4 Å². The Morgan fingerprint density at radius 1 is 2.00 bits per heavy atom. The molecule has 26 valence electrons. The second kappa shape index (κ2) is 2.88. The van der Waals surface area contributed by atoms with Crippen LogP contribution >= 0.6 is 0 Å². The molecule has 3 nitrogen and oxygen atoms in total. The van der Waals surface area contributed by atoms with Gasteiger partial charge in [0.05, 0.1) is 0 Å². The summed E-state index contributed by atoms with van der Waals surface area (Å²) in [6, 6.07) is 0. The van der Waals surface area contributed by atoms with Crippen LogP contribution in [-0.4, -0.2) is 11.9 Å². The number of hydrogen-bond donors (Lipinski definition) is 1. The van der Waals surface area contributed by atoms with Crippen LogP contribution in [0.15, 0.2) is 0 Å². The summed E-state index contributed by atoms with van der Waals surface area (Å²) in [5, 5.41) is 15.9. The largest absolute Gasteiger partial charge is 0.722 e. The number of aliphatic hydroxyl groups is 1. The SMILES string of the molecule is [O-]OCO. The maximum absolute atomic E-state index is 8.55. The van der Waals surface area contributed by atoms with Crippen LogP contribution < -0.4 is 5.26 Å². The molecular formula is CH3O3-. The van der Waals surface area contributed by atoms with Crippen molar-refractivity contribution in [1.29, 1.82) is 0 Å². The molecule has 0 aromatic heterocycles. The number of aliphatic hydroxyl groups excluding tert-OH is 1. The molecule has 0 saturated carbocycles. The first-order valence-corrected chi connectivity index (χ1v) is 0.772. The van der Waals surface area contributed by atoms with Crippen molar-refractivity contribution in [2.75, 3.05) is 6.79 Å².